The summed E-state index contributed by atoms with van der Waals surface area (Å²) in [4.78, 5) is 51.9. The van der Waals surface area contributed by atoms with Crippen LogP contribution in [0.5, 0.6) is 0 Å². The number of hydrogen-bond donors (Lipinski definition) is 1. The van der Waals surface area contributed by atoms with Crippen LogP contribution in [0.4, 0.5) is 10.5 Å². The SMILES string of the molecule is CC(C)(C)N(Cc1ccccc1)C(=O)CN1C(=O)N[C@](C)(c2ccc([N+](=O)[O-])cc2)C1=O. The van der Waals surface area contributed by atoms with Crippen LogP contribution in [0.1, 0.15) is 38.8 Å². The second-order valence-corrected chi connectivity index (χ2v) is 8.89. The van der Waals surface area contributed by atoms with Crippen LogP contribution >= 0.6 is 0 Å². The number of nitrogens with zero attached hydrogens (tertiary/aromatic N) is 3. The first-order valence-electron chi connectivity index (χ1n) is 10.2. The Labute approximate surface area is 186 Å². The molecule has 1 fully saturated rings. The highest BCUT2D eigenvalue weighted by molar-refractivity contribution is 6.09. The molecule has 0 aliphatic carbocycles. The molecule has 168 valence electrons. The van der Waals surface area contributed by atoms with Crippen LogP contribution < -0.4 is 5.32 Å². The number of benzene rings is 2. The highest BCUT2D eigenvalue weighted by Gasteiger charge is 2.50. The maximum Gasteiger partial charge on any atom is 0.325 e. The van der Waals surface area contributed by atoms with Gasteiger partial charge in [-0.1, -0.05) is 30.3 Å². The lowest BCUT2D eigenvalue weighted by molar-refractivity contribution is -0.384. The molecule has 32 heavy (non-hydrogen) atoms. The molecule has 0 unspecified atom stereocenters. The second-order valence-electron chi connectivity index (χ2n) is 8.89. The molecule has 1 N–H and O–H groups in total. The van der Waals surface area contributed by atoms with Crippen molar-refractivity contribution in [3.8, 4) is 0 Å². The Balaban J connectivity index is 1.81. The number of rotatable bonds is 6. The number of urea groups is 1. The summed E-state index contributed by atoms with van der Waals surface area (Å²) in [5.74, 6) is -0.948. The molecule has 3 rings (SSSR count). The molecule has 1 aliphatic heterocycles. The quantitative estimate of drug-likeness (QED) is 0.423. The van der Waals surface area contributed by atoms with Crippen molar-refractivity contribution in [3.05, 3.63) is 75.8 Å². The lowest BCUT2D eigenvalue weighted by Crippen LogP contribution is -2.50. The average Bonchev–Trinajstić information content (AvgIpc) is 2.96. The molecule has 4 amide bonds. The van der Waals surface area contributed by atoms with Gasteiger partial charge < -0.3 is 10.2 Å². The number of carbonyl (C=O) groups excluding carboxylic acids is 3. The topological polar surface area (TPSA) is 113 Å². The van der Waals surface area contributed by atoms with E-state index in [4.69, 9.17) is 0 Å². The molecule has 1 saturated heterocycles. The van der Waals surface area contributed by atoms with E-state index in [1.807, 2.05) is 51.1 Å². The van der Waals surface area contributed by atoms with E-state index in [-0.39, 0.29) is 11.6 Å². The molecule has 2 aromatic rings. The largest absolute Gasteiger partial charge is 0.332 e. The minimum atomic E-state index is -1.42. The fourth-order valence-electron chi connectivity index (χ4n) is 3.64. The van der Waals surface area contributed by atoms with Crippen molar-refractivity contribution >= 4 is 23.5 Å². The highest BCUT2D eigenvalue weighted by atomic mass is 16.6. The minimum Gasteiger partial charge on any atom is -0.332 e. The predicted octanol–water partition coefficient (Wildman–Crippen LogP) is 3.19. The van der Waals surface area contributed by atoms with E-state index < -0.39 is 34.5 Å². The Morgan fingerprint density at radius 1 is 1.09 bits per heavy atom. The number of hydrogen-bond acceptors (Lipinski definition) is 5. The van der Waals surface area contributed by atoms with Gasteiger partial charge in [0.1, 0.15) is 12.1 Å². The normalized spacial score (nSPS) is 18.4. The maximum atomic E-state index is 13.2. The Morgan fingerprint density at radius 3 is 2.22 bits per heavy atom. The monoisotopic (exact) mass is 438 g/mol. The molecule has 9 heteroatoms. The van der Waals surface area contributed by atoms with Crippen LogP contribution in [-0.2, 0) is 21.7 Å². The van der Waals surface area contributed by atoms with Gasteiger partial charge in [-0.15, -0.1) is 0 Å². The van der Waals surface area contributed by atoms with Crippen molar-refractivity contribution in [2.75, 3.05) is 6.54 Å². The number of carbonyl (C=O) groups is 3. The molecule has 0 radical (unpaired) electrons. The third-order valence-electron chi connectivity index (χ3n) is 5.52. The van der Waals surface area contributed by atoms with Crippen molar-refractivity contribution < 1.29 is 19.3 Å². The Morgan fingerprint density at radius 2 is 1.69 bits per heavy atom. The fourth-order valence-corrected chi connectivity index (χ4v) is 3.64. The highest BCUT2D eigenvalue weighted by Crippen LogP contribution is 2.30. The summed E-state index contributed by atoms with van der Waals surface area (Å²) in [6, 6.07) is 14.2. The van der Waals surface area contributed by atoms with Gasteiger partial charge in [0.2, 0.25) is 5.91 Å². The second kappa shape index (κ2) is 8.41. The summed E-state index contributed by atoms with van der Waals surface area (Å²) in [7, 11) is 0. The van der Waals surface area contributed by atoms with Gasteiger partial charge >= 0.3 is 6.03 Å². The first-order chi connectivity index (χ1) is 14.9. The van der Waals surface area contributed by atoms with Gasteiger partial charge in [-0.05, 0) is 51.0 Å². The number of imide groups is 1. The molecule has 1 aliphatic rings. The fraction of sp³-hybridized carbons (Fsp3) is 0.348. The third kappa shape index (κ3) is 4.46. The molecule has 9 nitrogen and oxygen atoms in total. The summed E-state index contributed by atoms with van der Waals surface area (Å²) in [6.07, 6.45) is 0. The van der Waals surface area contributed by atoms with Crippen molar-refractivity contribution in [2.45, 2.75) is 45.3 Å². The lowest BCUT2D eigenvalue weighted by Gasteiger charge is -2.36. The molecular formula is C23H26N4O5. The van der Waals surface area contributed by atoms with Crippen molar-refractivity contribution in [1.82, 2.24) is 15.1 Å². The van der Waals surface area contributed by atoms with E-state index in [2.05, 4.69) is 5.32 Å². The molecule has 1 atom stereocenters. The Hall–Kier alpha value is -3.75. The average molecular weight is 438 g/mol. The van der Waals surface area contributed by atoms with E-state index in [0.717, 1.165) is 10.5 Å². The molecule has 2 aromatic carbocycles. The van der Waals surface area contributed by atoms with Crippen LogP contribution in [0.2, 0.25) is 0 Å². The van der Waals surface area contributed by atoms with Crippen molar-refractivity contribution in [1.29, 1.82) is 0 Å². The first-order valence-corrected chi connectivity index (χ1v) is 10.2. The van der Waals surface area contributed by atoms with Crippen LogP contribution in [-0.4, -0.2) is 44.7 Å². The van der Waals surface area contributed by atoms with Crippen LogP contribution in [0.25, 0.3) is 0 Å². The Bertz CT molecular complexity index is 1050. The minimum absolute atomic E-state index is 0.122. The van der Waals surface area contributed by atoms with Crippen LogP contribution in [0.3, 0.4) is 0 Å². The van der Waals surface area contributed by atoms with E-state index in [0.29, 0.717) is 12.1 Å². The summed E-state index contributed by atoms with van der Waals surface area (Å²) >= 11 is 0. The van der Waals surface area contributed by atoms with E-state index in [1.54, 1.807) is 4.90 Å². The number of nitro benzene ring substituents is 1. The number of non-ortho nitro benzene ring substituents is 1. The molecule has 0 aromatic heterocycles. The van der Waals surface area contributed by atoms with Crippen LogP contribution in [0.15, 0.2) is 54.6 Å². The first kappa shape index (κ1) is 22.9. The van der Waals surface area contributed by atoms with Gasteiger partial charge in [0.25, 0.3) is 11.6 Å². The number of nitro groups is 1. The Kier molecular flexibility index (Phi) is 6.03. The van der Waals surface area contributed by atoms with Crippen LogP contribution in [0, 0.1) is 10.1 Å². The summed E-state index contributed by atoms with van der Waals surface area (Å²) in [5, 5.41) is 13.5. The van der Waals surface area contributed by atoms with E-state index in [1.165, 1.54) is 31.2 Å². The van der Waals surface area contributed by atoms with E-state index in [9.17, 15) is 24.5 Å². The standard InChI is InChI=1S/C23H26N4O5/c1-22(2,3)26(14-16-8-6-5-7-9-16)19(28)15-25-20(29)23(4,24-21(25)30)17-10-12-18(13-11-17)27(31)32/h5-13H,14-15H2,1-4H3,(H,24,30)/t23-/m1/s1. The zero-order valence-electron chi connectivity index (χ0n) is 18.5. The number of nitrogens with one attached hydrogen (secondary N) is 1. The molecule has 0 spiro atoms. The zero-order chi connectivity index (χ0) is 23.7. The molecule has 0 bridgehead atoms. The summed E-state index contributed by atoms with van der Waals surface area (Å²) < 4.78 is 0. The maximum absolute atomic E-state index is 13.2. The lowest BCUT2D eigenvalue weighted by atomic mass is 9.92. The number of amides is 4. The molecule has 0 saturated carbocycles. The third-order valence-corrected chi connectivity index (χ3v) is 5.52. The predicted molar refractivity (Wildman–Crippen MR) is 117 cm³/mol. The summed E-state index contributed by atoms with van der Waals surface area (Å²) in [6.45, 7) is 7.12. The smallest absolute Gasteiger partial charge is 0.325 e. The van der Waals surface area contributed by atoms with Gasteiger partial charge in [-0.25, -0.2) is 4.79 Å². The molecule has 1 heterocycles. The van der Waals surface area contributed by atoms with E-state index >= 15 is 0 Å². The van der Waals surface area contributed by atoms with Crippen molar-refractivity contribution in [3.63, 3.8) is 0 Å². The van der Waals surface area contributed by atoms with Gasteiger partial charge in [-0.2, -0.15) is 0 Å². The van der Waals surface area contributed by atoms with Gasteiger partial charge in [0.05, 0.1) is 4.92 Å². The zero-order valence-corrected chi connectivity index (χ0v) is 18.5. The van der Waals surface area contributed by atoms with Gasteiger partial charge in [0.15, 0.2) is 0 Å². The van der Waals surface area contributed by atoms with Gasteiger partial charge in [0, 0.05) is 24.2 Å². The summed E-state index contributed by atoms with van der Waals surface area (Å²) in [5.41, 5.74) is -0.744. The van der Waals surface area contributed by atoms with Gasteiger partial charge in [-0.3, -0.25) is 24.6 Å². The van der Waals surface area contributed by atoms with Crippen molar-refractivity contribution in [2.24, 2.45) is 0 Å². The molecular weight excluding hydrogens is 412 g/mol.